The number of benzene rings is 2. The van der Waals surface area contributed by atoms with Gasteiger partial charge >= 0.3 is 0 Å². The van der Waals surface area contributed by atoms with Gasteiger partial charge in [-0.25, -0.2) is 0 Å². The van der Waals surface area contributed by atoms with E-state index < -0.39 is 6.10 Å². The lowest BCUT2D eigenvalue weighted by Gasteiger charge is -2.16. The SMILES string of the molecule is OC(c1ccc2c(c1)OCCCO2)c1ccc(Br)cc1Br. The van der Waals surface area contributed by atoms with E-state index in [1.165, 1.54) is 0 Å². The molecule has 0 amide bonds. The number of aliphatic hydroxyl groups excluding tert-OH is 1. The van der Waals surface area contributed by atoms with Crippen molar-refractivity contribution in [2.45, 2.75) is 12.5 Å². The van der Waals surface area contributed by atoms with E-state index in [4.69, 9.17) is 9.47 Å². The van der Waals surface area contributed by atoms with Crippen LogP contribution >= 0.6 is 31.9 Å². The molecule has 3 rings (SSSR count). The van der Waals surface area contributed by atoms with Crippen molar-refractivity contribution in [3.63, 3.8) is 0 Å². The van der Waals surface area contributed by atoms with Gasteiger partial charge in [-0.15, -0.1) is 0 Å². The van der Waals surface area contributed by atoms with Crippen LogP contribution in [0, 0.1) is 0 Å². The average Bonchev–Trinajstić information content (AvgIpc) is 2.71. The second kappa shape index (κ2) is 6.38. The van der Waals surface area contributed by atoms with Gasteiger partial charge in [0.15, 0.2) is 11.5 Å². The minimum absolute atomic E-state index is 0.633. The van der Waals surface area contributed by atoms with E-state index in [0.717, 1.165) is 32.2 Å². The van der Waals surface area contributed by atoms with Gasteiger partial charge in [-0.2, -0.15) is 0 Å². The topological polar surface area (TPSA) is 38.7 Å². The summed E-state index contributed by atoms with van der Waals surface area (Å²) in [4.78, 5) is 0. The highest BCUT2D eigenvalue weighted by Crippen LogP contribution is 2.36. The Hall–Kier alpha value is -1.04. The fourth-order valence-corrected chi connectivity index (χ4v) is 3.52. The summed E-state index contributed by atoms with van der Waals surface area (Å²) in [5.41, 5.74) is 1.59. The first-order valence-corrected chi connectivity index (χ1v) is 8.26. The second-order valence-electron chi connectivity index (χ2n) is 4.83. The van der Waals surface area contributed by atoms with E-state index in [9.17, 15) is 5.11 Å². The maximum absolute atomic E-state index is 10.6. The van der Waals surface area contributed by atoms with Gasteiger partial charge in [0.25, 0.3) is 0 Å². The van der Waals surface area contributed by atoms with Crippen LogP contribution in [0.3, 0.4) is 0 Å². The molecule has 0 bridgehead atoms. The van der Waals surface area contributed by atoms with Crippen LogP contribution in [0.5, 0.6) is 11.5 Å². The van der Waals surface area contributed by atoms with Crippen molar-refractivity contribution >= 4 is 31.9 Å². The molecular weight excluding hydrogens is 400 g/mol. The van der Waals surface area contributed by atoms with Crippen LogP contribution in [0.25, 0.3) is 0 Å². The highest BCUT2D eigenvalue weighted by Gasteiger charge is 2.17. The molecule has 0 radical (unpaired) electrons. The van der Waals surface area contributed by atoms with Crippen LogP contribution < -0.4 is 9.47 Å². The Morgan fingerprint density at radius 3 is 2.48 bits per heavy atom. The third kappa shape index (κ3) is 3.25. The third-order valence-electron chi connectivity index (χ3n) is 3.34. The maximum Gasteiger partial charge on any atom is 0.161 e. The van der Waals surface area contributed by atoms with Crippen LogP contribution in [-0.2, 0) is 0 Å². The van der Waals surface area contributed by atoms with E-state index in [1.807, 2.05) is 36.4 Å². The highest BCUT2D eigenvalue weighted by molar-refractivity contribution is 9.11. The van der Waals surface area contributed by atoms with Crippen molar-refractivity contribution in [3.8, 4) is 11.5 Å². The van der Waals surface area contributed by atoms with Crippen LogP contribution in [-0.4, -0.2) is 18.3 Å². The van der Waals surface area contributed by atoms with E-state index in [-0.39, 0.29) is 0 Å². The van der Waals surface area contributed by atoms with Crippen molar-refractivity contribution in [2.75, 3.05) is 13.2 Å². The number of halogens is 2. The lowest BCUT2D eigenvalue weighted by Crippen LogP contribution is -2.02. The van der Waals surface area contributed by atoms with Crippen molar-refractivity contribution in [1.29, 1.82) is 0 Å². The highest BCUT2D eigenvalue weighted by atomic mass is 79.9. The predicted octanol–water partition coefficient (Wildman–Crippen LogP) is 4.45. The molecule has 0 aliphatic carbocycles. The standard InChI is InChI=1S/C16H14Br2O3/c17-11-3-4-12(13(18)9-11)16(19)10-2-5-14-15(8-10)21-7-1-6-20-14/h2-5,8-9,16,19H,1,6-7H2. The number of hydrogen-bond acceptors (Lipinski definition) is 3. The van der Waals surface area contributed by atoms with Gasteiger partial charge in [-0.1, -0.05) is 44.0 Å². The molecule has 21 heavy (non-hydrogen) atoms. The van der Waals surface area contributed by atoms with Crippen LogP contribution in [0.2, 0.25) is 0 Å². The molecule has 0 aromatic heterocycles. The summed E-state index contributed by atoms with van der Waals surface area (Å²) >= 11 is 6.90. The molecule has 1 aliphatic heterocycles. The molecule has 0 fully saturated rings. The average molecular weight is 414 g/mol. The van der Waals surface area contributed by atoms with Gasteiger partial charge in [0, 0.05) is 15.4 Å². The molecule has 0 saturated heterocycles. The number of ether oxygens (including phenoxy) is 2. The van der Waals surface area contributed by atoms with Crippen LogP contribution in [0.15, 0.2) is 45.3 Å². The molecule has 1 aliphatic rings. The molecule has 2 aromatic rings. The van der Waals surface area contributed by atoms with Gasteiger partial charge in [0.2, 0.25) is 0 Å². The minimum Gasteiger partial charge on any atom is -0.490 e. The molecular formula is C16H14Br2O3. The van der Waals surface area contributed by atoms with Crippen molar-refractivity contribution in [2.24, 2.45) is 0 Å². The molecule has 110 valence electrons. The van der Waals surface area contributed by atoms with Crippen LogP contribution in [0.4, 0.5) is 0 Å². The lowest BCUT2D eigenvalue weighted by atomic mass is 10.0. The van der Waals surface area contributed by atoms with E-state index in [1.54, 1.807) is 0 Å². The third-order valence-corrected chi connectivity index (χ3v) is 4.52. The zero-order valence-electron chi connectivity index (χ0n) is 11.2. The Morgan fingerprint density at radius 2 is 1.71 bits per heavy atom. The molecule has 1 unspecified atom stereocenters. The Kier molecular flexibility index (Phi) is 4.52. The Bertz CT molecular complexity index is 658. The normalized spacial score (nSPS) is 15.4. The van der Waals surface area contributed by atoms with E-state index in [0.29, 0.717) is 19.0 Å². The maximum atomic E-state index is 10.6. The van der Waals surface area contributed by atoms with Gasteiger partial charge in [0.05, 0.1) is 13.2 Å². The quantitative estimate of drug-likeness (QED) is 0.790. The zero-order chi connectivity index (χ0) is 14.8. The Morgan fingerprint density at radius 1 is 0.952 bits per heavy atom. The minimum atomic E-state index is -0.718. The van der Waals surface area contributed by atoms with Gasteiger partial charge in [0.1, 0.15) is 6.10 Å². The first kappa shape index (κ1) is 14.9. The first-order chi connectivity index (χ1) is 10.1. The van der Waals surface area contributed by atoms with Gasteiger partial charge in [-0.05, 0) is 35.4 Å². The molecule has 1 N–H and O–H groups in total. The number of fused-ring (bicyclic) bond motifs is 1. The summed E-state index contributed by atoms with van der Waals surface area (Å²) in [5, 5.41) is 10.6. The number of aliphatic hydroxyl groups is 1. The summed E-state index contributed by atoms with van der Waals surface area (Å²) < 4.78 is 13.1. The van der Waals surface area contributed by atoms with E-state index in [2.05, 4.69) is 31.9 Å². The predicted molar refractivity (Wildman–Crippen MR) is 88.0 cm³/mol. The van der Waals surface area contributed by atoms with Crippen molar-refractivity contribution < 1.29 is 14.6 Å². The molecule has 1 heterocycles. The summed E-state index contributed by atoms with van der Waals surface area (Å²) in [6.07, 6.45) is 0.148. The summed E-state index contributed by atoms with van der Waals surface area (Å²) in [6.45, 7) is 1.29. The largest absolute Gasteiger partial charge is 0.490 e. The van der Waals surface area contributed by atoms with E-state index >= 15 is 0 Å². The fraction of sp³-hybridized carbons (Fsp3) is 0.250. The molecule has 2 aromatic carbocycles. The summed E-state index contributed by atoms with van der Waals surface area (Å²) in [7, 11) is 0. The first-order valence-electron chi connectivity index (χ1n) is 6.68. The van der Waals surface area contributed by atoms with Crippen LogP contribution in [0.1, 0.15) is 23.7 Å². The fourth-order valence-electron chi connectivity index (χ4n) is 2.25. The number of hydrogen-bond donors (Lipinski definition) is 1. The van der Waals surface area contributed by atoms with Crippen molar-refractivity contribution in [3.05, 3.63) is 56.5 Å². The number of rotatable bonds is 2. The molecule has 1 atom stereocenters. The summed E-state index contributed by atoms with van der Waals surface area (Å²) in [5.74, 6) is 1.43. The summed E-state index contributed by atoms with van der Waals surface area (Å²) in [6, 6.07) is 11.3. The van der Waals surface area contributed by atoms with Gasteiger partial charge in [-0.3, -0.25) is 0 Å². The Balaban J connectivity index is 1.94. The smallest absolute Gasteiger partial charge is 0.161 e. The molecule has 0 saturated carbocycles. The molecule has 5 heteroatoms. The zero-order valence-corrected chi connectivity index (χ0v) is 14.4. The lowest BCUT2D eigenvalue weighted by molar-refractivity contribution is 0.218. The Labute approximate surface area is 140 Å². The second-order valence-corrected chi connectivity index (χ2v) is 6.60. The van der Waals surface area contributed by atoms with Crippen molar-refractivity contribution in [1.82, 2.24) is 0 Å². The van der Waals surface area contributed by atoms with Gasteiger partial charge < -0.3 is 14.6 Å². The molecule has 3 nitrogen and oxygen atoms in total. The molecule has 0 spiro atoms. The monoisotopic (exact) mass is 412 g/mol.